The smallest absolute Gasteiger partial charge is 0.356 e. The average molecular weight is 323 g/mol. The number of aromatic nitrogens is 3. The van der Waals surface area contributed by atoms with Gasteiger partial charge < -0.3 is 14.6 Å². The van der Waals surface area contributed by atoms with E-state index in [1.54, 1.807) is 6.07 Å². The molecule has 0 fully saturated rings. The standard InChI is InChI=1S/C14H21N3O4Si/c1-20-14(19)11-10-7-9(8-15-12(10)17-16-11)13(18)21-5-6-22(2,3)4/h7-8,13,18H,5-6H2,1-4H3,(H,15,16,17). The predicted molar refractivity (Wildman–Crippen MR) is 84.3 cm³/mol. The molecule has 0 aliphatic carbocycles. The van der Waals surface area contributed by atoms with Crippen molar-refractivity contribution in [3.05, 3.63) is 23.5 Å². The first-order valence-electron chi connectivity index (χ1n) is 7.04. The Morgan fingerprint density at radius 1 is 1.45 bits per heavy atom. The van der Waals surface area contributed by atoms with Crippen molar-refractivity contribution in [1.82, 2.24) is 15.2 Å². The van der Waals surface area contributed by atoms with Crippen LogP contribution in [0.15, 0.2) is 12.3 Å². The van der Waals surface area contributed by atoms with Gasteiger partial charge in [0.05, 0.1) is 12.5 Å². The van der Waals surface area contributed by atoms with Gasteiger partial charge in [0, 0.05) is 26.4 Å². The molecule has 7 nitrogen and oxygen atoms in total. The minimum atomic E-state index is -1.21. The maximum absolute atomic E-state index is 11.6. The molecule has 0 aromatic carbocycles. The molecule has 22 heavy (non-hydrogen) atoms. The van der Waals surface area contributed by atoms with E-state index in [-0.39, 0.29) is 5.69 Å². The van der Waals surface area contributed by atoms with Gasteiger partial charge in [0.25, 0.3) is 0 Å². The van der Waals surface area contributed by atoms with Gasteiger partial charge in [0.15, 0.2) is 17.6 Å². The van der Waals surface area contributed by atoms with Crippen LogP contribution in [0.4, 0.5) is 0 Å². The Morgan fingerprint density at radius 2 is 2.18 bits per heavy atom. The van der Waals surface area contributed by atoms with Crippen LogP contribution < -0.4 is 0 Å². The number of nitrogens with one attached hydrogen (secondary N) is 1. The normalized spacial score (nSPS) is 13.3. The lowest BCUT2D eigenvalue weighted by atomic mass is 10.2. The topological polar surface area (TPSA) is 97.3 Å². The van der Waals surface area contributed by atoms with Crippen molar-refractivity contribution in [1.29, 1.82) is 0 Å². The molecule has 1 atom stereocenters. The summed E-state index contributed by atoms with van der Waals surface area (Å²) in [5, 5.41) is 17.1. The predicted octanol–water partition coefficient (Wildman–Crippen LogP) is 2.09. The third-order valence-corrected chi connectivity index (χ3v) is 4.94. The minimum absolute atomic E-state index is 0.209. The van der Waals surface area contributed by atoms with Crippen LogP contribution in [0.1, 0.15) is 22.3 Å². The molecular weight excluding hydrogens is 302 g/mol. The van der Waals surface area contributed by atoms with Crippen LogP contribution in [0, 0.1) is 0 Å². The number of nitrogens with zero attached hydrogens (tertiary/aromatic N) is 2. The number of aliphatic hydroxyl groups excluding tert-OH is 1. The molecule has 2 heterocycles. The summed E-state index contributed by atoms with van der Waals surface area (Å²) in [5.41, 5.74) is 1.08. The summed E-state index contributed by atoms with van der Waals surface area (Å²) >= 11 is 0. The van der Waals surface area contributed by atoms with Crippen LogP contribution in [0.3, 0.4) is 0 Å². The Labute approximate surface area is 129 Å². The highest BCUT2D eigenvalue weighted by Crippen LogP contribution is 2.21. The van der Waals surface area contributed by atoms with Crippen molar-refractivity contribution in [2.24, 2.45) is 0 Å². The summed E-state index contributed by atoms with van der Waals surface area (Å²) in [5.74, 6) is -0.532. The second kappa shape index (κ2) is 6.55. The Bertz CT molecular complexity index is 666. The van der Waals surface area contributed by atoms with Crippen molar-refractivity contribution in [2.45, 2.75) is 32.0 Å². The highest BCUT2D eigenvalue weighted by atomic mass is 28.3. The van der Waals surface area contributed by atoms with Gasteiger partial charge in [-0.1, -0.05) is 19.6 Å². The highest BCUT2D eigenvalue weighted by Gasteiger charge is 2.18. The van der Waals surface area contributed by atoms with Crippen LogP contribution in [-0.2, 0) is 9.47 Å². The first-order valence-corrected chi connectivity index (χ1v) is 10.7. The lowest BCUT2D eigenvalue weighted by Gasteiger charge is -2.18. The fraction of sp³-hybridized carbons (Fsp3) is 0.500. The number of esters is 1. The van der Waals surface area contributed by atoms with Gasteiger partial charge >= 0.3 is 5.97 Å². The van der Waals surface area contributed by atoms with Crippen molar-refractivity contribution in [3.8, 4) is 0 Å². The summed E-state index contributed by atoms with van der Waals surface area (Å²) in [7, 11) is 0.0777. The largest absolute Gasteiger partial charge is 0.464 e. The monoisotopic (exact) mass is 323 g/mol. The molecule has 0 aliphatic rings. The van der Waals surface area contributed by atoms with E-state index in [0.717, 1.165) is 6.04 Å². The number of rotatable bonds is 6. The van der Waals surface area contributed by atoms with Gasteiger partial charge in [0.1, 0.15) is 0 Å². The summed E-state index contributed by atoms with van der Waals surface area (Å²) in [6.45, 7) is 7.21. The van der Waals surface area contributed by atoms with Gasteiger partial charge in [-0.3, -0.25) is 5.10 Å². The lowest BCUT2D eigenvalue weighted by molar-refractivity contribution is -0.0982. The maximum atomic E-state index is 11.6. The summed E-state index contributed by atoms with van der Waals surface area (Å²) in [4.78, 5) is 15.8. The first kappa shape index (κ1) is 16.6. The van der Waals surface area contributed by atoms with Gasteiger partial charge in [-0.05, 0) is 12.1 Å². The first-order chi connectivity index (χ1) is 10.3. The Balaban J connectivity index is 2.16. The Hall–Kier alpha value is -1.77. The number of pyridine rings is 1. The Morgan fingerprint density at radius 3 is 2.82 bits per heavy atom. The number of carbonyl (C=O) groups is 1. The highest BCUT2D eigenvalue weighted by molar-refractivity contribution is 6.76. The fourth-order valence-corrected chi connectivity index (χ4v) is 2.61. The molecule has 1 unspecified atom stereocenters. The van der Waals surface area contributed by atoms with E-state index < -0.39 is 20.3 Å². The third kappa shape index (κ3) is 3.90. The van der Waals surface area contributed by atoms with Gasteiger partial charge in [-0.2, -0.15) is 5.10 Å². The molecule has 0 saturated heterocycles. The average Bonchev–Trinajstić information content (AvgIpc) is 2.87. The van der Waals surface area contributed by atoms with Crippen LogP contribution in [0.2, 0.25) is 25.7 Å². The maximum Gasteiger partial charge on any atom is 0.356 e. The molecule has 0 bridgehead atoms. The molecule has 2 N–H and O–H groups in total. The summed E-state index contributed by atoms with van der Waals surface area (Å²) < 4.78 is 10.1. The number of H-pyrrole nitrogens is 1. The van der Waals surface area contributed by atoms with Gasteiger partial charge in [-0.15, -0.1) is 0 Å². The molecule has 8 heteroatoms. The van der Waals surface area contributed by atoms with Crippen LogP contribution >= 0.6 is 0 Å². The van der Waals surface area contributed by atoms with Crippen LogP contribution in [-0.4, -0.2) is 48.0 Å². The molecule has 120 valence electrons. The molecule has 0 saturated carbocycles. The van der Waals surface area contributed by atoms with Gasteiger partial charge in [-0.25, -0.2) is 9.78 Å². The van der Waals surface area contributed by atoms with Crippen LogP contribution in [0.25, 0.3) is 11.0 Å². The van der Waals surface area contributed by atoms with E-state index in [2.05, 4.69) is 39.6 Å². The number of hydrogen-bond donors (Lipinski definition) is 2. The number of aliphatic hydroxyl groups is 1. The second-order valence-corrected chi connectivity index (χ2v) is 11.9. The molecule has 0 amide bonds. The van der Waals surface area contributed by atoms with Crippen molar-refractivity contribution in [3.63, 3.8) is 0 Å². The number of ether oxygens (including phenoxy) is 2. The molecule has 2 aromatic heterocycles. The number of fused-ring (bicyclic) bond motifs is 1. The van der Waals surface area contributed by atoms with E-state index in [1.807, 2.05) is 0 Å². The molecule has 2 rings (SSSR count). The molecule has 0 aliphatic heterocycles. The number of carbonyl (C=O) groups excluding carboxylic acids is 1. The van der Waals surface area contributed by atoms with Crippen molar-refractivity contribution in [2.75, 3.05) is 13.7 Å². The number of aromatic amines is 1. The quantitative estimate of drug-likeness (QED) is 0.480. The van der Waals surface area contributed by atoms with E-state index >= 15 is 0 Å². The van der Waals surface area contributed by atoms with Crippen molar-refractivity contribution >= 4 is 25.1 Å². The van der Waals surface area contributed by atoms with Gasteiger partial charge in [0.2, 0.25) is 0 Å². The molecular formula is C14H21N3O4Si. The van der Waals surface area contributed by atoms with E-state index in [1.165, 1.54) is 13.3 Å². The summed E-state index contributed by atoms with van der Waals surface area (Å²) in [6, 6.07) is 2.59. The van der Waals surface area contributed by atoms with E-state index in [4.69, 9.17) is 4.74 Å². The van der Waals surface area contributed by atoms with Crippen molar-refractivity contribution < 1.29 is 19.4 Å². The molecule has 0 radical (unpaired) electrons. The third-order valence-electron chi connectivity index (χ3n) is 3.23. The second-order valence-electron chi connectivity index (χ2n) is 6.26. The lowest BCUT2D eigenvalue weighted by Crippen LogP contribution is -2.22. The van der Waals surface area contributed by atoms with E-state index in [0.29, 0.717) is 23.2 Å². The van der Waals surface area contributed by atoms with Crippen LogP contribution in [0.5, 0.6) is 0 Å². The zero-order chi connectivity index (χ0) is 16.3. The zero-order valence-corrected chi connectivity index (χ0v) is 14.2. The zero-order valence-electron chi connectivity index (χ0n) is 13.2. The number of methoxy groups -OCH3 is 1. The Kier molecular flexibility index (Phi) is 4.94. The van der Waals surface area contributed by atoms with E-state index in [9.17, 15) is 9.90 Å². The minimum Gasteiger partial charge on any atom is -0.464 e. The SMILES string of the molecule is COC(=O)c1[nH]nc2ncc(C(O)OCC[Si](C)(C)C)cc12. The fourth-order valence-electron chi connectivity index (χ4n) is 1.88. The summed E-state index contributed by atoms with van der Waals surface area (Å²) in [6.07, 6.45) is 0.414. The molecule has 0 spiro atoms. The molecule has 2 aromatic rings. The number of hydrogen-bond acceptors (Lipinski definition) is 6.